The van der Waals surface area contributed by atoms with Gasteiger partial charge < -0.3 is 0 Å². The van der Waals surface area contributed by atoms with E-state index in [1.165, 1.54) is 0 Å². The highest BCUT2D eigenvalue weighted by molar-refractivity contribution is 6.16. The second kappa shape index (κ2) is 3.18. The van der Waals surface area contributed by atoms with Gasteiger partial charge in [0.1, 0.15) is 5.69 Å². The van der Waals surface area contributed by atoms with Crippen molar-refractivity contribution in [2.45, 2.75) is 5.88 Å². The zero-order valence-corrected chi connectivity index (χ0v) is 7.81. The molecule has 68 valence electrons. The Balaban J connectivity index is 2.35. The lowest BCUT2D eigenvalue weighted by Crippen LogP contribution is -1.92. The Kier molecular flexibility index (Phi) is 2.02. The van der Waals surface area contributed by atoms with Crippen LogP contribution in [0.5, 0.6) is 0 Å². The Morgan fingerprint density at radius 2 is 2.31 bits per heavy atom. The summed E-state index contributed by atoms with van der Waals surface area (Å²) in [7, 11) is 1.85. The van der Waals surface area contributed by atoms with Crippen LogP contribution in [0.3, 0.4) is 0 Å². The lowest BCUT2D eigenvalue weighted by Gasteiger charge is -1.90. The second-order valence-corrected chi connectivity index (χ2v) is 2.93. The summed E-state index contributed by atoms with van der Waals surface area (Å²) < 4.78 is 3.35. The molecule has 0 saturated carbocycles. The van der Waals surface area contributed by atoms with Gasteiger partial charge in [-0.2, -0.15) is 5.10 Å². The highest BCUT2D eigenvalue weighted by Crippen LogP contribution is 2.05. The first-order chi connectivity index (χ1) is 6.29. The molecule has 2 heterocycles. The lowest BCUT2D eigenvalue weighted by atomic mass is 10.5. The summed E-state index contributed by atoms with van der Waals surface area (Å²) in [6, 6.07) is 0. The minimum atomic E-state index is 0.375. The molecule has 0 aliphatic heterocycles. The quantitative estimate of drug-likeness (QED) is 0.668. The summed E-state index contributed by atoms with van der Waals surface area (Å²) in [6.45, 7) is 0. The van der Waals surface area contributed by atoms with Gasteiger partial charge in [0, 0.05) is 7.05 Å². The second-order valence-electron chi connectivity index (χ2n) is 2.66. The van der Waals surface area contributed by atoms with Crippen molar-refractivity contribution in [1.29, 1.82) is 0 Å². The highest BCUT2D eigenvalue weighted by Gasteiger charge is 2.02. The highest BCUT2D eigenvalue weighted by atomic mass is 35.5. The smallest absolute Gasteiger partial charge is 0.104 e. The van der Waals surface area contributed by atoms with Crippen molar-refractivity contribution in [2.75, 3.05) is 0 Å². The number of aromatic nitrogens is 5. The van der Waals surface area contributed by atoms with E-state index in [-0.39, 0.29) is 0 Å². The molecular weight excluding hydrogens is 190 g/mol. The average Bonchev–Trinajstić information content (AvgIpc) is 2.71. The Morgan fingerprint density at radius 3 is 2.85 bits per heavy atom. The van der Waals surface area contributed by atoms with E-state index >= 15 is 0 Å². The van der Waals surface area contributed by atoms with E-state index in [9.17, 15) is 0 Å². The molecule has 2 aromatic rings. The van der Waals surface area contributed by atoms with Gasteiger partial charge in [-0.05, 0) is 0 Å². The molecule has 0 atom stereocenters. The minimum absolute atomic E-state index is 0.375. The first-order valence-electron chi connectivity index (χ1n) is 3.76. The molecular formula is C7H8ClN5. The molecule has 2 aromatic heterocycles. The van der Waals surface area contributed by atoms with Crippen LogP contribution in [-0.4, -0.2) is 24.8 Å². The first kappa shape index (κ1) is 8.25. The van der Waals surface area contributed by atoms with Gasteiger partial charge in [0.25, 0.3) is 0 Å². The average molecular weight is 198 g/mol. The third kappa shape index (κ3) is 1.55. The first-order valence-corrected chi connectivity index (χ1v) is 4.29. The SMILES string of the molecule is Cn1cc(-n2cc(CCl)nn2)cn1. The molecule has 0 aromatic carbocycles. The molecule has 0 aliphatic rings. The Morgan fingerprint density at radius 1 is 1.46 bits per heavy atom. The summed E-state index contributed by atoms with van der Waals surface area (Å²) >= 11 is 5.60. The van der Waals surface area contributed by atoms with Crippen molar-refractivity contribution in [3.05, 3.63) is 24.3 Å². The molecule has 5 nitrogen and oxygen atoms in total. The fourth-order valence-electron chi connectivity index (χ4n) is 1.01. The number of alkyl halides is 1. The van der Waals surface area contributed by atoms with Crippen molar-refractivity contribution in [3.8, 4) is 5.69 Å². The molecule has 0 unspecified atom stereocenters. The van der Waals surface area contributed by atoms with Crippen molar-refractivity contribution < 1.29 is 0 Å². The molecule has 13 heavy (non-hydrogen) atoms. The van der Waals surface area contributed by atoms with Crippen LogP contribution in [0.4, 0.5) is 0 Å². The van der Waals surface area contributed by atoms with Crippen molar-refractivity contribution in [1.82, 2.24) is 24.8 Å². The normalized spacial score (nSPS) is 10.6. The van der Waals surface area contributed by atoms with E-state index in [0.29, 0.717) is 5.88 Å². The number of nitrogens with zero attached hydrogens (tertiary/aromatic N) is 5. The lowest BCUT2D eigenvalue weighted by molar-refractivity contribution is 0.763. The van der Waals surface area contributed by atoms with Crippen LogP contribution in [0.25, 0.3) is 5.69 Å². The summed E-state index contributed by atoms with van der Waals surface area (Å²) in [5, 5.41) is 11.8. The number of hydrogen-bond donors (Lipinski definition) is 0. The molecule has 0 saturated heterocycles. The molecule has 0 bridgehead atoms. The number of aryl methyl sites for hydroxylation is 1. The van der Waals surface area contributed by atoms with Gasteiger partial charge in [-0.1, -0.05) is 5.21 Å². The standard InChI is InChI=1S/C7H8ClN5/c1-12-5-7(3-9-12)13-4-6(2-8)10-11-13/h3-5H,2H2,1H3. The van der Waals surface area contributed by atoms with Crippen LogP contribution >= 0.6 is 11.6 Å². The third-order valence-corrected chi connectivity index (χ3v) is 1.91. The maximum absolute atomic E-state index is 5.60. The maximum atomic E-state index is 5.60. The van der Waals surface area contributed by atoms with Gasteiger partial charge in [-0.3, -0.25) is 4.68 Å². The third-order valence-electron chi connectivity index (χ3n) is 1.63. The van der Waals surface area contributed by atoms with Crippen LogP contribution in [0.1, 0.15) is 5.69 Å². The largest absolute Gasteiger partial charge is 0.274 e. The van der Waals surface area contributed by atoms with Crippen molar-refractivity contribution >= 4 is 11.6 Å². The van der Waals surface area contributed by atoms with Crippen LogP contribution in [0.2, 0.25) is 0 Å². The predicted octanol–water partition coefficient (Wildman–Crippen LogP) is 0.740. The predicted molar refractivity (Wildman–Crippen MR) is 47.7 cm³/mol. The molecule has 0 fully saturated rings. The molecule has 0 N–H and O–H groups in total. The number of rotatable bonds is 2. The van der Waals surface area contributed by atoms with E-state index in [2.05, 4.69) is 15.4 Å². The van der Waals surface area contributed by atoms with E-state index in [0.717, 1.165) is 11.4 Å². The van der Waals surface area contributed by atoms with E-state index in [4.69, 9.17) is 11.6 Å². The summed E-state index contributed by atoms with van der Waals surface area (Å²) in [5.41, 5.74) is 1.64. The van der Waals surface area contributed by atoms with Crippen LogP contribution < -0.4 is 0 Å². The van der Waals surface area contributed by atoms with Crippen LogP contribution in [0.15, 0.2) is 18.6 Å². The monoisotopic (exact) mass is 197 g/mol. The Bertz CT molecular complexity index is 404. The molecule has 2 rings (SSSR count). The topological polar surface area (TPSA) is 48.5 Å². The zero-order valence-electron chi connectivity index (χ0n) is 7.05. The zero-order chi connectivity index (χ0) is 9.26. The Hall–Kier alpha value is -1.36. The summed E-state index contributed by atoms with van der Waals surface area (Å²) in [4.78, 5) is 0. The molecule has 0 amide bonds. The maximum Gasteiger partial charge on any atom is 0.104 e. The number of halogens is 1. The van der Waals surface area contributed by atoms with Crippen LogP contribution in [-0.2, 0) is 12.9 Å². The minimum Gasteiger partial charge on any atom is -0.274 e. The number of hydrogen-bond acceptors (Lipinski definition) is 3. The van der Waals surface area contributed by atoms with Crippen LogP contribution in [0, 0.1) is 0 Å². The van der Waals surface area contributed by atoms with E-state index < -0.39 is 0 Å². The van der Waals surface area contributed by atoms with Gasteiger partial charge in [-0.15, -0.1) is 16.7 Å². The van der Waals surface area contributed by atoms with Gasteiger partial charge in [0.05, 0.1) is 30.2 Å². The summed E-state index contributed by atoms with van der Waals surface area (Å²) in [5.74, 6) is 0.375. The molecule has 0 aliphatic carbocycles. The fraction of sp³-hybridized carbons (Fsp3) is 0.286. The molecule has 6 heteroatoms. The van der Waals surface area contributed by atoms with Gasteiger partial charge in [0.15, 0.2) is 0 Å². The Labute approximate surface area is 79.9 Å². The molecule has 0 radical (unpaired) electrons. The fourth-order valence-corrected chi connectivity index (χ4v) is 1.13. The van der Waals surface area contributed by atoms with Crippen molar-refractivity contribution in [3.63, 3.8) is 0 Å². The van der Waals surface area contributed by atoms with Gasteiger partial charge in [-0.25, -0.2) is 4.68 Å². The summed E-state index contributed by atoms with van der Waals surface area (Å²) in [6.07, 6.45) is 5.35. The van der Waals surface area contributed by atoms with Crippen molar-refractivity contribution in [2.24, 2.45) is 7.05 Å². The molecule has 0 spiro atoms. The van der Waals surface area contributed by atoms with Gasteiger partial charge in [0.2, 0.25) is 0 Å². The van der Waals surface area contributed by atoms with E-state index in [1.54, 1.807) is 21.8 Å². The van der Waals surface area contributed by atoms with E-state index in [1.807, 2.05) is 13.2 Å². The van der Waals surface area contributed by atoms with Gasteiger partial charge >= 0.3 is 0 Å².